The second-order valence-electron chi connectivity index (χ2n) is 5.60. The summed E-state index contributed by atoms with van der Waals surface area (Å²) in [6.45, 7) is 6.64. The minimum absolute atomic E-state index is 0.104. The predicted octanol–water partition coefficient (Wildman–Crippen LogP) is 3.59. The Hall–Kier alpha value is -0.530. The molecule has 0 heterocycles. The van der Waals surface area contributed by atoms with Gasteiger partial charge in [-0.1, -0.05) is 38.4 Å². The molecule has 2 heteroatoms. The molecule has 0 spiro atoms. The third-order valence-electron chi connectivity index (χ3n) is 3.11. The molecule has 0 atom stereocenters. The van der Waals surface area contributed by atoms with E-state index in [-0.39, 0.29) is 11.0 Å². The number of rotatable bonds is 1. The molecule has 1 aromatic rings. The molecule has 0 aromatic heterocycles. The lowest BCUT2D eigenvalue weighted by molar-refractivity contribution is 0.567. The van der Waals surface area contributed by atoms with Crippen molar-refractivity contribution in [2.75, 3.05) is 0 Å². The summed E-state index contributed by atoms with van der Waals surface area (Å²) in [5.41, 5.74) is 8.87. The minimum atomic E-state index is -0.104. The van der Waals surface area contributed by atoms with Gasteiger partial charge in [-0.3, -0.25) is 0 Å². The second kappa shape index (κ2) is 3.23. The van der Waals surface area contributed by atoms with Gasteiger partial charge in [-0.15, -0.1) is 0 Å². The molecule has 0 bridgehead atoms. The molecule has 2 N–H and O–H groups in total. The van der Waals surface area contributed by atoms with E-state index in [1.54, 1.807) is 0 Å². The van der Waals surface area contributed by atoms with Crippen LogP contribution in [0.3, 0.4) is 0 Å². The van der Waals surface area contributed by atoms with Gasteiger partial charge in [-0.05, 0) is 41.5 Å². The molecule has 82 valence electrons. The summed E-state index contributed by atoms with van der Waals surface area (Å²) < 4.78 is 0. The monoisotopic (exact) mass is 223 g/mol. The van der Waals surface area contributed by atoms with Crippen LogP contribution in [-0.4, -0.2) is 0 Å². The Morgan fingerprint density at radius 3 is 2.33 bits per heavy atom. The zero-order chi connectivity index (χ0) is 11.3. The smallest absolute Gasteiger partial charge is 0.0414 e. The van der Waals surface area contributed by atoms with Gasteiger partial charge in [0.15, 0.2) is 0 Å². The van der Waals surface area contributed by atoms with E-state index in [9.17, 15) is 0 Å². The molecule has 1 aliphatic rings. The van der Waals surface area contributed by atoms with Gasteiger partial charge in [0, 0.05) is 10.6 Å². The van der Waals surface area contributed by atoms with Crippen LogP contribution in [-0.2, 0) is 11.0 Å². The lowest BCUT2D eigenvalue weighted by atomic mass is 9.81. The van der Waals surface area contributed by atoms with E-state index >= 15 is 0 Å². The first-order valence-electron chi connectivity index (χ1n) is 5.42. The molecule has 0 saturated heterocycles. The van der Waals surface area contributed by atoms with Crippen molar-refractivity contribution >= 4 is 11.6 Å². The fourth-order valence-corrected chi connectivity index (χ4v) is 2.16. The molecule has 0 aliphatic heterocycles. The van der Waals surface area contributed by atoms with Gasteiger partial charge >= 0.3 is 0 Å². The van der Waals surface area contributed by atoms with Gasteiger partial charge in [-0.2, -0.15) is 0 Å². The van der Waals surface area contributed by atoms with Gasteiger partial charge in [0.05, 0.1) is 0 Å². The molecule has 1 fully saturated rings. The fourth-order valence-electron chi connectivity index (χ4n) is 1.99. The van der Waals surface area contributed by atoms with Crippen molar-refractivity contribution in [3.63, 3.8) is 0 Å². The van der Waals surface area contributed by atoms with Crippen molar-refractivity contribution in [2.24, 2.45) is 5.73 Å². The van der Waals surface area contributed by atoms with Crippen LogP contribution in [0.5, 0.6) is 0 Å². The standard InChI is InChI=1S/C13H18ClN/c1-12(2,3)10-5-4-9(14)8-11(10)13(15)6-7-13/h4-5,8H,6-7,15H2,1-3H3. The van der Waals surface area contributed by atoms with E-state index in [0.29, 0.717) is 0 Å². The number of hydrogen-bond acceptors (Lipinski definition) is 1. The quantitative estimate of drug-likeness (QED) is 0.774. The normalized spacial score (nSPS) is 19.0. The summed E-state index contributed by atoms with van der Waals surface area (Å²) in [6.07, 6.45) is 2.16. The van der Waals surface area contributed by atoms with Crippen LogP contribution in [0.2, 0.25) is 5.02 Å². The Labute approximate surface area is 96.6 Å². The highest BCUT2D eigenvalue weighted by Gasteiger charge is 2.42. The van der Waals surface area contributed by atoms with Crippen LogP contribution in [0.25, 0.3) is 0 Å². The number of halogens is 1. The summed E-state index contributed by atoms with van der Waals surface area (Å²) in [4.78, 5) is 0. The number of benzene rings is 1. The average molecular weight is 224 g/mol. The highest BCUT2D eigenvalue weighted by atomic mass is 35.5. The number of hydrogen-bond donors (Lipinski definition) is 1. The lowest BCUT2D eigenvalue weighted by Gasteiger charge is -2.26. The van der Waals surface area contributed by atoms with Crippen LogP contribution in [0.4, 0.5) is 0 Å². The van der Waals surface area contributed by atoms with E-state index in [0.717, 1.165) is 17.9 Å². The second-order valence-corrected chi connectivity index (χ2v) is 6.03. The summed E-state index contributed by atoms with van der Waals surface area (Å²) >= 11 is 6.05. The molecule has 0 amide bonds. The first-order valence-corrected chi connectivity index (χ1v) is 5.80. The largest absolute Gasteiger partial charge is 0.321 e. The van der Waals surface area contributed by atoms with Crippen molar-refractivity contribution in [1.29, 1.82) is 0 Å². The van der Waals surface area contributed by atoms with Crippen LogP contribution < -0.4 is 5.73 Å². The van der Waals surface area contributed by atoms with E-state index in [2.05, 4.69) is 26.8 Å². The van der Waals surface area contributed by atoms with Gasteiger partial charge in [0.2, 0.25) is 0 Å². The highest BCUT2D eigenvalue weighted by Crippen LogP contribution is 2.47. The minimum Gasteiger partial charge on any atom is -0.321 e. The summed E-state index contributed by atoms with van der Waals surface area (Å²) in [5, 5.41) is 0.787. The van der Waals surface area contributed by atoms with E-state index in [1.165, 1.54) is 11.1 Å². The maximum Gasteiger partial charge on any atom is 0.0414 e. The van der Waals surface area contributed by atoms with Crippen LogP contribution >= 0.6 is 11.6 Å². The van der Waals surface area contributed by atoms with E-state index < -0.39 is 0 Å². The van der Waals surface area contributed by atoms with Crippen LogP contribution in [0, 0.1) is 0 Å². The zero-order valence-corrected chi connectivity index (χ0v) is 10.4. The molecule has 1 aliphatic carbocycles. The van der Waals surface area contributed by atoms with E-state index in [1.807, 2.05) is 12.1 Å². The van der Waals surface area contributed by atoms with Crippen molar-refractivity contribution in [3.8, 4) is 0 Å². The number of nitrogens with two attached hydrogens (primary N) is 1. The van der Waals surface area contributed by atoms with Gasteiger partial charge < -0.3 is 5.73 Å². The lowest BCUT2D eigenvalue weighted by Crippen LogP contribution is -2.25. The Morgan fingerprint density at radius 2 is 1.87 bits per heavy atom. The van der Waals surface area contributed by atoms with Gasteiger partial charge in [0.1, 0.15) is 0 Å². The Bertz CT molecular complexity index is 386. The predicted molar refractivity (Wildman–Crippen MR) is 65.3 cm³/mol. The Balaban J connectivity index is 2.55. The Kier molecular flexibility index (Phi) is 2.36. The first kappa shape index (κ1) is 11.0. The molecular weight excluding hydrogens is 206 g/mol. The molecule has 0 radical (unpaired) electrons. The molecule has 15 heavy (non-hydrogen) atoms. The SMILES string of the molecule is CC(C)(C)c1ccc(Cl)cc1C1(N)CC1. The summed E-state index contributed by atoms with van der Waals surface area (Å²) in [6, 6.07) is 6.11. The topological polar surface area (TPSA) is 26.0 Å². The average Bonchev–Trinajstić information content (AvgIpc) is 2.83. The van der Waals surface area contributed by atoms with Crippen molar-refractivity contribution < 1.29 is 0 Å². The molecule has 1 nitrogen and oxygen atoms in total. The molecular formula is C13H18ClN. The third-order valence-corrected chi connectivity index (χ3v) is 3.35. The maximum absolute atomic E-state index is 6.28. The highest BCUT2D eigenvalue weighted by molar-refractivity contribution is 6.30. The fraction of sp³-hybridized carbons (Fsp3) is 0.538. The molecule has 1 saturated carbocycles. The first-order chi connectivity index (χ1) is 6.83. The van der Waals surface area contributed by atoms with E-state index in [4.69, 9.17) is 17.3 Å². The van der Waals surface area contributed by atoms with Gasteiger partial charge in [0.25, 0.3) is 0 Å². The van der Waals surface area contributed by atoms with Crippen molar-refractivity contribution in [1.82, 2.24) is 0 Å². The molecule has 0 unspecified atom stereocenters. The molecule has 1 aromatic carbocycles. The third kappa shape index (κ3) is 2.04. The summed E-state index contributed by atoms with van der Waals surface area (Å²) in [5.74, 6) is 0. The van der Waals surface area contributed by atoms with Gasteiger partial charge in [-0.25, -0.2) is 0 Å². The molecule has 2 rings (SSSR count). The zero-order valence-electron chi connectivity index (χ0n) is 9.60. The maximum atomic E-state index is 6.28. The Morgan fingerprint density at radius 1 is 1.27 bits per heavy atom. The van der Waals surface area contributed by atoms with Crippen molar-refractivity contribution in [3.05, 3.63) is 34.3 Å². The summed E-state index contributed by atoms with van der Waals surface area (Å²) in [7, 11) is 0. The van der Waals surface area contributed by atoms with Crippen LogP contribution in [0.15, 0.2) is 18.2 Å². The van der Waals surface area contributed by atoms with Crippen LogP contribution in [0.1, 0.15) is 44.7 Å². The van der Waals surface area contributed by atoms with Crippen molar-refractivity contribution in [2.45, 2.75) is 44.6 Å².